The number of aryl methyl sites for hydroxylation is 1. The lowest BCUT2D eigenvalue weighted by molar-refractivity contribution is 0.115. The smallest absolute Gasteiger partial charge is 0.272 e. The van der Waals surface area contributed by atoms with Gasteiger partial charge in [0.05, 0.1) is 5.69 Å². The monoisotopic (exact) mass is 413 g/mol. The van der Waals surface area contributed by atoms with Crippen molar-refractivity contribution in [2.45, 2.75) is 49.8 Å². The number of nitrogens with one attached hydrogen (secondary N) is 1. The van der Waals surface area contributed by atoms with Gasteiger partial charge in [-0.25, -0.2) is 13.4 Å². The van der Waals surface area contributed by atoms with Gasteiger partial charge < -0.3 is 10.2 Å². The van der Waals surface area contributed by atoms with Crippen molar-refractivity contribution in [3.63, 3.8) is 0 Å². The molecule has 1 aromatic heterocycles. The highest BCUT2D eigenvalue weighted by Crippen LogP contribution is 2.29. The number of nitrogens with zero attached hydrogens (tertiary/aromatic N) is 2. The van der Waals surface area contributed by atoms with E-state index in [-0.39, 0.29) is 8.68 Å². The number of thiazole rings is 1. The van der Waals surface area contributed by atoms with E-state index in [4.69, 9.17) is 22.3 Å². The molecular weight excluding hydrogens is 389 g/mol. The van der Waals surface area contributed by atoms with Crippen molar-refractivity contribution in [1.29, 1.82) is 0 Å². The average Bonchev–Trinajstić information content (AvgIpc) is 2.88. The number of rotatable bonds is 2. The third-order valence-corrected chi connectivity index (χ3v) is 8.03. The SMILES string of the molecule is CC1CCN(C2CCNCC2)CC1.Cc1nc(Cl)sc1S(=O)(=O)Cl. The molecule has 0 radical (unpaired) electrons. The predicted molar refractivity (Wildman–Crippen MR) is 101 cm³/mol. The van der Waals surface area contributed by atoms with E-state index in [1.807, 2.05) is 0 Å². The molecule has 0 unspecified atom stereocenters. The molecule has 9 heteroatoms. The maximum atomic E-state index is 10.7. The summed E-state index contributed by atoms with van der Waals surface area (Å²) in [6.45, 7) is 9.10. The summed E-state index contributed by atoms with van der Waals surface area (Å²) in [5.41, 5.74) is 0.343. The molecule has 138 valence electrons. The number of piperidine rings is 2. The average molecular weight is 414 g/mol. The van der Waals surface area contributed by atoms with E-state index in [1.165, 1.54) is 58.8 Å². The Balaban J connectivity index is 0.000000177. The molecule has 1 aromatic rings. The van der Waals surface area contributed by atoms with Crippen molar-refractivity contribution in [1.82, 2.24) is 15.2 Å². The summed E-state index contributed by atoms with van der Waals surface area (Å²) in [4.78, 5) is 6.42. The number of halogens is 2. The van der Waals surface area contributed by atoms with Gasteiger partial charge in [0.25, 0.3) is 9.05 Å². The van der Waals surface area contributed by atoms with Gasteiger partial charge in [0.15, 0.2) is 8.68 Å². The zero-order valence-corrected chi connectivity index (χ0v) is 17.2. The van der Waals surface area contributed by atoms with Crippen LogP contribution in [0.25, 0.3) is 0 Å². The Morgan fingerprint density at radius 3 is 2.21 bits per heavy atom. The van der Waals surface area contributed by atoms with Crippen molar-refractivity contribution in [2.75, 3.05) is 26.2 Å². The summed E-state index contributed by atoms with van der Waals surface area (Å²) in [5, 5.41) is 3.44. The van der Waals surface area contributed by atoms with Crippen LogP contribution in [0.15, 0.2) is 4.21 Å². The third-order valence-electron chi connectivity index (χ3n) is 4.59. The Bertz CT molecular complexity index is 623. The van der Waals surface area contributed by atoms with Gasteiger partial charge in [-0.1, -0.05) is 29.9 Å². The van der Waals surface area contributed by atoms with Gasteiger partial charge in [-0.15, -0.1) is 0 Å². The van der Waals surface area contributed by atoms with Crippen molar-refractivity contribution in [2.24, 2.45) is 5.92 Å². The zero-order chi connectivity index (χ0) is 17.7. The molecule has 2 aliphatic heterocycles. The molecule has 0 bridgehead atoms. The quantitative estimate of drug-likeness (QED) is 0.751. The zero-order valence-electron chi connectivity index (χ0n) is 14.1. The van der Waals surface area contributed by atoms with Crippen LogP contribution in [0.3, 0.4) is 0 Å². The maximum absolute atomic E-state index is 10.7. The topological polar surface area (TPSA) is 62.3 Å². The molecule has 24 heavy (non-hydrogen) atoms. The minimum atomic E-state index is -3.67. The molecule has 0 spiro atoms. The van der Waals surface area contributed by atoms with E-state index in [1.54, 1.807) is 0 Å². The molecule has 0 atom stereocenters. The van der Waals surface area contributed by atoms with Crippen LogP contribution in [-0.2, 0) is 9.05 Å². The van der Waals surface area contributed by atoms with E-state index >= 15 is 0 Å². The van der Waals surface area contributed by atoms with Crippen LogP contribution in [0.5, 0.6) is 0 Å². The Morgan fingerprint density at radius 1 is 1.21 bits per heavy atom. The molecule has 0 amide bonds. The highest BCUT2D eigenvalue weighted by molar-refractivity contribution is 8.15. The molecule has 2 fully saturated rings. The van der Waals surface area contributed by atoms with Crippen molar-refractivity contribution in [3.05, 3.63) is 10.2 Å². The fourth-order valence-corrected chi connectivity index (χ4v) is 5.82. The van der Waals surface area contributed by atoms with Crippen LogP contribution < -0.4 is 5.32 Å². The minimum absolute atomic E-state index is 0.0177. The van der Waals surface area contributed by atoms with E-state index in [9.17, 15) is 8.42 Å². The lowest BCUT2D eigenvalue weighted by Crippen LogP contribution is -2.46. The third kappa shape index (κ3) is 6.11. The summed E-state index contributed by atoms with van der Waals surface area (Å²) in [6.07, 6.45) is 5.58. The second kappa shape index (κ2) is 9.14. The Hall–Kier alpha value is 0.0800. The van der Waals surface area contributed by atoms with Gasteiger partial charge in [-0.3, -0.25) is 0 Å². The molecule has 0 aromatic carbocycles. The van der Waals surface area contributed by atoms with Crippen LogP contribution in [0.4, 0.5) is 0 Å². The normalized spacial score (nSPS) is 21.3. The number of hydrogen-bond acceptors (Lipinski definition) is 6. The second-order valence-electron chi connectivity index (χ2n) is 6.48. The van der Waals surface area contributed by atoms with Gasteiger partial charge >= 0.3 is 0 Å². The first-order valence-electron chi connectivity index (χ1n) is 8.29. The van der Waals surface area contributed by atoms with Crippen LogP contribution >= 0.6 is 33.6 Å². The largest absolute Gasteiger partial charge is 0.317 e. The fraction of sp³-hybridized carbons (Fsp3) is 0.800. The highest BCUT2D eigenvalue weighted by Gasteiger charge is 2.24. The van der Waals surface area contributed by atoms with E-state index in [2.05, 4.69) is 22.1 Å². The first-order chi connectivity index (χ1) is 11.3. The maximum Gasteiger partial charge on any atom is 0.272 e. The van der Waals surface area contributed by atoms with Gasteiger partial charge in [0.1, 0.15) is 0 Å². The van der Waals surface area contributed by atoms with Crippen LogP contribution in [-0.4, -0.2) is 50.5 Å². The Kier molecular flexibility index (Phi) is 7.77. The van der Waals surface area contributed by atoms with Gasteiger partial charge in [0, 0.05) is 16.7 Å². The van der Waals surface area contributed by atoms with E-state index < -0.39 is 9.05 Å². The summed E-state index contributed by atoms with van der Waals surface area (Å²) in [7, 11) is 1.39. The second-order valence-corrected chi connectivity index (χ2v) is 10.8. The molecule has 2 aliphatic rings. The lowest BCUT2D eigenvalue weighted by atomic mass is 9.95. The van der Waals surface area contributed by atoms with Crippen molar-refractivity contribution in [3.8, 4) is 0 Å². The molecule has 0 aliphatic carbocycles. The number of likely N-dealkylation sites (tertiary alicyclic amines) is 1. The summed E-state index contributed by atoms with van der Waals surface area (Å²) < 4.78 is 21.7. The van der Waals surface area contributed by atoms with Gasteiger partial charge in [0.2, 0.25) is 0 Å². The molecule has 3 rings (SSSR count). The summed E-state index contributed by atoms with van der Waals surface area (Å²) in [6, 6.07) is 0.897. The molecule has 0 saturated carbocycles. The van der Waals surface area contributed by atoms with Crippen LogP contribution in [0.1, 0.15) is 38.3 Å². The fourth-order valence-electron chi connectivity index (χ4n) is 3.14. The molecule has 2 saturated heterocycles. The number of aromatic nitrogens is 1. The molecular formula is C15H25Cl2N3O2S2. The van der Waals surface area contributed by atoms with Crippen molar-refractivity contribution >= 4 is 42.7 Å². The Morgan fingerprint density at radius 2 is 1.79 bits per heavy atom. The lowest BCUT2D eigenvalue weighted by Gasteiger charge is -2.38. The van der Waals surface area contributed by atoms with Crippen LogP contribution in [0.2, 0.25) is 4.47 Å². The first kappa shape index (κ1) is 20.4. The van der Waals surface area contributed by atoms with Gasteiger partial charge in [-0.05, 0) is 64.7 Å². The summed E-state index contributed by atoms with van der Waals surface area (Å²) >= 11 is 6.31. The Labute approximate surface area is 158 Å². The summed E-state index contributed by atoms with van der Waals surface area (Å²) in [5.74, 6) is 0.970. The predicted octanol–water partition coefficient (Wildman–Crippen LogP) is 3.50. The minimum Gasteiger partial charge on any atom is -0.317 e. The standard InChI is InChI=1S/C11H22N2.C4H3Cl2NO2S2/c1-10-4-8-13(9-5-10)11-2-6-12-7-3-11;1-2-3(11(6,8)9)10-4(5)7-2/h10-12H,2-9H2,1H3;1H3. The molecule has 5 nitrogen and oxygen atoms in total. The highest BCUT2D eigenvalue weighted by atomic mass is 35.7. The van der Waals surface area contributed by atoms with Crippen LogP contribution in [0, 0.1) is 12.8 Å². The van der Waals surface area contributed by atoms with Gasteiger partial charge in [-0.2, -0.15) is 0 Å². The molecule has 1 N–H and O–H groups in total. The first-order valence-corrected chi connectivity index (χ1v) is 11.8. The van der Waals surface area contributed by atoms with Crippen molar-refractivity contribution < 1.29 is 8.42 Å². The molecule has 3 heterocycles. The van der Waals surface area contributed by atoms with E-state index in [0.717, 1.165) is 23.3 Å². The number of hydrogen-bond donors (Lipinski definition) is 1. The van der Waals surface area contributed by atoms with E-state index in [0.29, 0.717) is 5.69 Å².